The Morgan fingerprint density at radius 2 is 0.795 bits per heavy atom. The van der Waals surface area contributed by atoms with Crippen molar-refractivity contribution in [3.63, 3.8) is 0 Å². The molecular weight excluding hydrogens is 1330 g/mol. The average molecular weight is 1350 g/mol. The monoisotopic (exact) mass is 1350 g/mol. The number of ether oxygens (including phenoxy) is 2. The van der Waals surface area contributed by atoms with Crippen molar-refractivity contribution in [3.05, 3.63) is 211 Å². The van der Waals surface area contributed by atoms with Crippen molar-refractivity contribution >= 4 is 20.2 Å². The standard InChI is InChI=1S/C28H14F8O5S.C12F10.C8H4F2.C6H6O5S.2K/c1-4-13-6-5-11(2)9-16(13)40-14-7-8-15(17(10-14)42(37,38)39)41-28-26(35)24(33)19(25(34)27(28)36)18-22(31)20(29)12(3)21(30)23(18)32;13-3-1(4(14)8(18)11(21)7(3)17)2-5(15)9(19)12(22)10(20)6(2)16;1-2-6-3-4-7(9)5-8(6)10;7-4-1-2-5(8)6(3-4)12(9,10)11;;/h1,5-10H,2-3H3,(H,37,38,39);;1,3-5H;1-3,7-8H,(H,9,10,11);;/q;;;;2*+1/p-2. The van der Waals surface area contributed by atoms with Gasteiger partial charge in [0.15, 0.2) is 81.4 Å². The van der Waals surface area contributed by atoms with Crippen LogP contribution in [0.2, 0.25) is 0 Å². The van der Waals surface area contributed by atoms with Gasteiger partial charge < -0.3 is 28.8 Å². The maximum atomic E-state index is 14.9. The van der Waals surface area contributed by atoms with E-state index in [1.165, 1.54) is 18.2 Å². The minimum Gasteiger partial charge on any atom is -0.744 e. The summed E-state index contributed by atoms with van der Waals surface area (Å²) in [5.74, 6) is -47.0. The number of terminal acetylenes is 2. The van der Waals surface area contributed by atoms with Gasteiger partial charge in [-0.1, -0.05) is 17.9 Å². The smallest absolute Gasteiger partial charge is 0.744 e. The van der Waals surface area contributed by atoms with E-state index >= 15 is 0 Å². The van der Waals surface area contributed by atoms with Gasteiger partial charge in [0.1, 0.15) is 65.5 Å². The van der Waals surface area contributed by atoms with E-state index in [4.69, 9.17) is 32.5 Å². The number of aromatic hydroxyl groups is 2. The second-order valence-electron chi connectivity index (χ2n) is 16.4. The Bertz CT molecular complexity index is 4230. The van der Waals surface area contributed by atoms with E-state index in [0.29, 0.717) is 30.7 Å². The molecule has 0 fully saturated rings. The zero-order valence-electron chi connectivity index (χ0n) is 43.6. The summed E-state index contributed by atoms with van der Waals surface area (Å²) in [6.45, 7) is 2.27. The molecule has 0 radical (unpaired) electrons. The zero-order chi connectivity index (χ0) is 65.1. The molecule has 8 rings (SSSR count). The fourth-order valence-corrected chi connectivity index (χ4v) is 7.95. The maximum absolute atomic E-state index is 14.9. The SMILES string of the molecule is C#Cc1ccc(C)cc1Oc1ccc(Oc2c(F)c(F)c(-c3c(F)c(F)c(C)c(F)c3F)c(F)c2F)c(S(=O)(=O)[O-])c1.C#Cc1ccc(F)cc1F.Fc1c(F)c(F)c(-c2c(F)c(F)c(F)c(F)c2F)c(F)c1F.O=S(=O)([O-])c1cc(O)ccc1O.[K+].[K+]. The van der Waals surface area contributed by atoms with Crippen LogP contribution >= 0.6 is 0 Å². The van der Waals surface area contributed by atoms with Crippen LogP contribution in [0.4, 0.5) is 87.8 Å². The van der Waals surface area contributed by atoms with Crippen LogP contribution in [0.1, 0.15) is 22.3 Å². The molecule has 0 saturated heterocycles. The minimum atomic E-state index is -5.52. The van der Waals surface area contributed by atoms with E-state index in [2.05, 4.69) is 11.8 Å². The second kappa shape index (κ2) is 30.5. The fraction of sp³-hybridized carbons (Fsp3) is 0.0370. The second-order valence-corrected chi connectivity index (χ2v) is 19.1. The first kappa shape index (κ1) is 76.0. The predicted molar refractivity (Wildman–Crippen MR) is 253 cm³/mol. The molecule has 0 saturated carbocycles. The Balaban J connectivity index is 0.000000363. The molecule has 0 aliphatic heterocycles. The van der Waals surface area contributed by atoms with Gasteiger partial charge in [-0.05, 0) is 67.9 Å². The molecule has 88 heavy (non-hydrogen) atoms. The van der Waals surface area contributed by atoms with E-state index in [0.717, 1.165) is 30.3 Å². The zero-order valence-corrected chi connectivity index (χ0v) is 51.5. The van der Waals surface area contributed by atoms with Crippen LogP contribution in [0.3, 0.4) is 0 Å². The quantitative estimate of drug-likeness (QED) is 0.0287. The molecule has 0 heterocycles. The molecule has 0 atom stereocenters. The molecule has 34 heteroatoms. The van der Waals surface area contributed by atoms with Gasteiger partial charge >= 0.3 is 103 Å². The molecule has 0 amide bonds. The van der Waals surface area contributed by atoms with Crippen molar-refractivity contribution in [2.24, 2.45) is 0 Å². The van der Waals surface area contributed by atoms with Gasteiger partial charge in [-0.2, -0.15) is 8.78 Å². The Morgan fingerprint density at radius 1 is 0.409 bits per heavy atom. The third kappa shape index (κ3) is 16.4. The predicted octanol–water partition coefficient (Wildman–Crippen LogP) is 8.25. The molecule has 452 valence electrons. The fourth-order valence-electron chi connectivity index (χ4n) is 6.74. The van der Waals surface area contributed by atoms with Crippen LogP contribution < -0.4 is 112 Å². The first-order valence-electron chi connectivity index (χ1n) is 22.0. The van der Waals surface area contributed by atoms with E-state index < -0.39 is 191 Å². The van der Waals surface area contributed by atoms with Crippen molar-refractivity contribution in [1.82, 2.24) is 0 Å². The summed E-state index contributed by atoms with van der Waals surface area (Å²) >= 11 is 0. The summed E-state index contributed by atoms with van der Waals surface area (Å²) in [6, 6.07) is 12.6. The summed E-state index contributed by atoms with van der Waals surface area (Å²) in [5.41, 5.74) is -9.00. The largest absolute Gasteiger partial charge is 1.00 e. The van der Waals surface area contributed by atoms with Crippen LogP contribution in [-0.2, 0) is 20.2 Å². The topological polar surface area (TPSA) is 173 Å². The molecule has 0 spiro atoms. The van der Waals surface area contributed by atoms with Crippen molar-refractivity contribution < 1.29 is 236 Å². The summed E-state index contributed by atoms with van der Waals surface area (Å²) in [7, 11) is -10.2. The Kier molecular flexibility index (Phi) is 26.4. The van der Waals surface area contributed by atoms with Crippen LogP contribution in [0, 0.1) is 155 Å². The molecule has 8 aromatic carbocycles. The van der Waals surface area contributed by atoms with Gasteiger partial charge in [0.25, 0.3) is 0 Å². The number of aryl methyl sites for hydroxylation is 1. The number of rotatable bonds is 8. The van der Waals surface area contributed by atoms with Crippen molar-refractivity contribution in [2.45, 2.75) is 23.6 Å². The summed E-state index contributed by atoms with van der Waals surface area (Å²) in [6.07, 6.45) is 10.3. The minimum absolute atomic E-state index is 0. The van der Waals surface area contributed by atoms with E-state index in [1.54, 1.807) is 13.0 Å². The number of halogens is 20. The molecule has 0 aromatic heterocycles. The molecule has 0 aliphatic carbocycles. The molecule has 0 unspecified atom stereocenters. The van der Waals surface area contributed by atoms with E-state index in [-0.39, 0.29) is 131 Å². The summed E-state index contributed by atoms with van der Waals surface area (Å²) < 4.78 is 349. The Morgan fingerprint density at radius 3 is 1.18 bits per heavy atom. The van der Waals surface area contributed by atoms with Gasteiger partial charge in [-0.25, -0.2) is 95.9 Å². The number of hydrogen-bond acceptors (Lipinski definition) is 10. The summed E-state index contributed by atoms with van der Waals surface area (Å²) in [4.78, 5) is -2.12. The summed E-state index contributed by atoms with van der Waals surface area (Å²) in [5, 5.41) is 17.7. The van der Waals surface area contributed by atoms with Crippen LogP contribution in [0.25, 0.3) is 22.3 Å². The van der Waals surface area contributed by atoms with Gasteiger partial charge in [0.05, 0.1) is 38.3 Å². The van der Waals surface area contributed by atoms with Crippen LogP contribution in [0.5, 0.6) is 34.5 Å². The molecule has 0 aliphatic rings. The molecule has 8 aromatic rings. The van der Waals surface area contributed by atoms with Gasteiger partial charge in [-0.3, -0.25) is 0 Å². The van der Waals surface area contributed by atoms with E-state index in [9.17, 15) is 114 Å². The van der Waals surface area contributed by atoms with E-state index in [1.807, 2.05) is 0 Å². The molecule has 10 nitrogen and oxygen atoms in total. The third-order valence-electron chi connectivity index (χ3n) is 10.8. The number of phenols is 2. The first-order chi connectivity index (χ1) is 39.8. The third-order valence-corrected chi connectivity index (χ3v) is 12.6. The van der Waals surface area contributed by atoms with Gasteiger partial charge in [-0.15, -0.1) is 12.8 Å². The van der Waals surface area contributed by atoms with Crippen molar-refractivity contribution in [2.75, 3.05) is 0 Å². The van der Waals surface area contributed by atoms with Gasteiger partial charge in [0, 0.05) is 23.8 Å². The molecular formula is C54H22F20K2O10S2. The van der Waals surface area contributed by atoms with Crippen LogP contribution in [0.15, 0.2) is 82.6 Å². The number of phenolic OH excluding ortho intramolecular Hbond substituents is 2. The van der Waals surface area contributed by atoms with Gasteiger partial charge in [0.2, 0.25) is 29.0 Å². The molecule has 0 bridgehead atoms. The van der Waals surface area contributed by atoms with Crippen molar-refractivity contribution in [3.8, 4) is 81.4 Å². The maximum Gasteiger partial charge on any atom is 1.00 e. The average Bonchev–Trinajstić information content (AvgIpc) is 1.67. The molecule has 2 N–H and O–H groups in total. The number of benzene rings is 8. The normalized spacial score (nSPS) is 10.8. The van der Waals surface area contributed by atoms with Crippen LogP contribution in [-0.4, -0.2) is 36.2 Å². The van der Waals surface area contributed by atoms with Crippen molar-refractivity contribution in [1.29, 1.82) is 0 Å². The Hall–Kier alpha value is -6.23. The Labute approximate surface area is 566 Å². The first-order valence-corrected chi connectivity index (χ1v) is 24.8. The number of hydrogen-bond donors (Lipinski definition) is 2.